The van der Waals surface area contributed by atoms with E-state index in [9.17, 15) is 0 Å². The molecule has 0 aliphatic carbocycles. The van der Waals surface area contributed by atoms with E-state index in [0.717, 1.165) is 44.4 Å². The summed E-state index contributed by atoms with van der Waals surface area (Å²) in [5.74, 6) is 1.09. The van der Waals surface area contributed by atoms with Gasteiger partial charge in [0.1, 0.15) is 5.82 Å². The fourth-order valence-electron chi connectivity index (χ4n) is 2.33. The van der Waals surface area contributed by atoms with Crippen LogP contribution >= 0.6 is 0 Å². The van der Waals surface area contributed by atoms with Crippen molar-refractivity contribution >= 4 is 5.82 Å². The first kappa shape index (κ1) is 16.2. The number of anilines is 1. The van der Waals surface area contributed by atoms with Gasteiger partial charge < -0.3 is 15.0 Å². The number of nitrogens with zero attached hydrogens (tertiary/aromatic N) is 2. The van der Waals surface area contributed by atoms with E-state index in [1.165, 1.54) is 5.56 Å². The Bertz CT molecular complexity index is 460. The summed E-state index contributed by atoms with van der Waals surface area (Å²) in [5, 5.41) is 3.50. The van der Waals surface area contributed by atoms with Crippen LogP contribution in [0.15, 0.2) is 12.1 Å². The molecule has 21 heavy (non-hydrogen) atoms. The highest BCUT2D eigenvalue weighted by atomic mass is 16.5. The van der Waals surface area contributed by atoms with E-state index in [1.807, 2.05) is 0 Å². The van der Waals surface area contributed by atoms with Crippen LogP contribution in [0.4, 0.5) is 5.82 Å². The minimum absolute atomic E-state index is 0.0644. The molecule has 0 spiro atoms. The van der Waals surface area contributed by atoms with Crippen LogP contribution < -0.4 is 10.2 Å². The normalized spacial score (nSPS) is 16.6. The van der Waals surface area contributed by atoms with Gasteiger partial charge in [0.2, 0.25) is 0 Å². The standard InChI is InChI=1S/C17H29N3O/c1-13(2)18-12-14-10-15(17(3,4)5)19-16(11-14)20-6-8-21-9-7-20/h10-11,13,18H,6-9,12H2,1-5H3. The van der Waals surface area contributed by atoms with Gasteiger partial charge in [-0.05, 0) is 17.7 Å². The average Bonchev–Trinajstić information content (AvgIpc) is 2.45. The van der Waals surface area contributed by atoms with Crippen LogP contribution in [0.1, 0.15) is 45.9 Å². The Hall–Kier alpha value is -1.13. The van der Waals surface area contributed by atoms with Gasteiger partial charge in [-0.1, -0.05) is 34.6 Å². The molecule has 1 aliphatic rings. The molecule has 1 saturated heterocycles. The number of morpholine rings is 1. The van der Waals surface area contributed by atoms with Gasteiger partial charge >= 0.3 is 0 Å². The highest BCUT2D eigenvalue weighted by molar-refractivity contribution is 5.44. The first-order valence-electron chi connectivity index (χ1n) is 7.94. The molecule has 1 aromatic heterocycles. The van der Waals surface area contributed by atoms with E-state index in [1.54, 1.807) is 0 Å². The minimum Gasteiger partial charge on any atom is -0.378 e. The smallest absolute Gasteiger partial charge is 0.129 e. The van der Waals surface area contributed by atoms with Gasteiger partial charge in [0.15, 0.2) is 0 Å². The third kappa shape index (κ3) is 4.68. The summed E-state index contributed by atoms with van der Waals surface area (Å²) in [7, 11) is 0. The first-order valence-corrected chi connectivity index (χ1v) is 7.94. The number of hydrogen-bond acceptors (Lipinski definition) is 4. The van der Waals surface area contributed by atoms with Crippen molar-refractivity contribution in [3.05, 3.63) is 23.4 Å². The zero-order chi connectivity index (χ0) is 15.5. The fraction of sp³-hybridized carbons (Fsp3) is 0.706. The molecule has 0 atom stereocenters. The Morgan fingerprint density at radius 3 is 2.48 bits per heavy atom. The second kappa shape index (κ2) is 6.75. The van der Waals surface area contributed by atoms with Gasteiger partial charge in [-0.3, -0.25) is 0 Å². The van der Waals surface area contributed by atoms with Gasteiger partial charge in [-0.15, -0.1) is 0 Å². The van der Waals surface area contributed by atoms with Crippen LogP contribution in [-0.4, -0.2) is 37.3 Å². The number of hydrogen-bond donors (Lipinski definition) is 1. The molecule has 0 bridgehead atoms. The molecule has 0 unspecified atom stereocenters. The summed E-state index contributed by atoms with van der Waals surface area (Å²) < 4.78 is 5.45. The number of ether oxygens (including phenoxy) is 1. The number of pyridine rings is 1. The average molecular weight is 291 g/mol. The van der Waals surface area contributed by atoms with Crippen molar-refractivity contribution in [3.8, 4) is 0 Å². The molecule has 1 fully saturated rings. The first-order chi connectivity index (χ1) is 9.86. The van der Waals surface area contributed by atoms with Crippen LogP contribution in [0.25, 0.3) is 0 Å². The molecule has 4 heteroatoms. The summed E-state index contributed by atoms with van der Waals surface area (Å²) >= 11 is 0. The Kier molecular flexibility index (Phi) is 5.22. The quantitative estimate of drug-likeness (QED) is 0.925. The van der Waals surface area contributed by atoms with Gasteiger partial charge in [0, 0.05) is 36.8 Å². The zero-order valence-corrected chi connectivity index (χ0v) is 14.1. The molecule has 0 radical (unpaired) electrons. The molecular weight excluding hydrogens is 262 g/mol. The van der Waals surface area contributed by atoms with Crippen LogP contribution in [0.3, 0.4) is 0 Å². The highest BCUT2D eigenvalue weighted by Gasteiger charge is 2.20. The molecular formula is C17H29N3O. The lowest BCUT2D eigenvalue weighted by atomic mass is 9.90. The van der Waals surface area contributed by atoms with Crippen LogP contribution in [0, 0.1) is 0 Å². The highest BCUT2D eigenvalue weighted by Crippen LogP contribution is 2.25. The van der Waals surface area contributed by atoms with Crippen molar-refractivity contribution < 1.29 is 4.74 Å². The lowest BCUT2D eigenvalue weighted by Gasteiger charge is -2.30. The van der Waals surface area contributed by atoms with E-state index in [2.05, 4.69) is 57.0 Å². The number of aromatic nitrogens is 1. The maximum atomic E-state index is 5.45. The van der Waals surface area contributed by atoms with Crippen molar-refractivity contribution in [2.75, 3.05) is 31.2 Å². The van der Waals surface area contributed by atoms with Crippen molar-refractivity contribution in [1.82, 2.24) is 10.3 Å². The number of nitrogens with one attached hydrogen (secondary N) is 1. The predicted molar refractivity (Wildman–Crippen MR) is 87.9 cm³/mol. The molecule has 1 aromatic rings. The van der Waals surface area contributed by atoms with E-state index in [4.69, 9.17) is 9.72 Å². The molecule has 2 rings (SSSR count). The van der Waals surface area contributed by atoms with Crippen molar-refractivity contribution in [3.63, 3.8) is 0 Å². The van der Waals surface area contributed by atoms with Crippen LogP contribution in [-0.2, 0) is 16.7 Å². The van der Waals surface area contributed by atoms with E-state index >= 15 is 0 Å². The molecule has 2 heterocycles. The molecule has 1 N–H and O–H groups in total. The fourth-order valence-corrected chi connectivity index (χ4v) is 2.33. The second-order valence-corrected chi connectivity index (χ2v) is 7.10. The summed E-state index contributed by atoms with van der Waals surface area (Å²) in [6, 6.07) is 4.94. The van der Waals surface area contributed by atoms with Crippen LogP contribution in [0.5, 0.6) is 0 Å². The Morgan fingerprint density at radius 2 is 1.90 bits per heavy atom. The lowest BCUT2D eigenvalue weighted by molar-refractivity contribution is 0.122. The Morgan fingerprint density at radius 1 is 1.24 bits per heavy atom. The summed E-state index contributed by atoms with van der Waals surface area (Å²) in [4.78, 5) is 7.23. The predicted octanol–water partition coefficient (Wildman–Crippen LogP) is 2.71. The van der Waals surface area contributed by atoms with Crippen LogP contribution in [0.2, 0.25) is 0 Å². The second-order valence-electron chi connectivity index (χ2n) is 7.10. The van der Waals surface area contributed by atoms with Crippen molar-refractivity contribution in [1.29, 1.82) is 0 Å². The summed E-state index contributed by atoms with van der Waals surface area (Å²) in [6.07, 6.45) is 0. The molecule has 0 saturated carbocycles. The Labute approximate surface area is 128 Å². The summed E-state index contributed by atoms with van der Waals surface area (Å²) in [5.41, 5.74) is 2.53. The van der Waals surface area contributed by atoms with E-state index in [0.29, 0.717) is 6.04 Å². The largest absolute Gasteiger partial charge is 0.378 e. The molecule has 1 aliphatic heterocycles. The monoisotopic (exact) mass is 291 g/mol. The zero-order valence-electron chi connectivity index (χ0n) is 14.1. The van der Waals surface area contributed by atoms with Gasteiger partial charge in [-0.25, -0.2) is 4.98 Å². The third-order valence-corrected chi connectivity index (χ3v) is 3.69. The van der Waals surface area contributed by atoms with Crippen molar-refractivity contribution in [2.45, 2.75) is 52.6 Å². The minimum atomic E-state index is 0.0644. The Balaban J connectivity index is 2.27. The molecule has 0 amide bonds. The SMILES string of the molecule is CC(C)NCc1cc(N2CCOCC2)nc(C(C)(C)C)c1. The van der Waals surface area contributed by atoms with E-state index < -0.39 is 0 Å². The van der Waals surface area contributed by atoms with Gasteiger partial charge in [-0.2, -0.15) is 0 Å². The summed E-state index contributed by atoms with van der Waals surface area (Å²) in [6.45, 7) is 15.3. The molecule has 118 valence electrons. The third-order valence-electron chi connectivity index (χ3n) is 3.69. The van der Waals surface area contributed by atoms with Crippen molar-refractivity contribution in [2.24, 2.45) is 0 Å². The van der Waals surface area contributed by atoms with E-state index in [-0.39, 0.29) is 5.41 Å². The number of rotatable bonds is 4. The maximum absolute atomic E-state index is 5.45. The van der Waals surface area contributed by atoms with Gasteiger partial charge in [0.25, 0.3) is 0 Å². The van der Waals surface area contributed by atoms with Gasteiger partial charge in [0.05, 0.1) is 13.2 Å². The lowest BCUT2D eigenvalue weighted by Crippen LogP contribution is -2.37. The molecule has 4 nitrogen and oxygen atoms in total. The maximum Gasteiger partial charge on any atom is 0.129 e. The molecule has 0 aromatic carbocycles. The topological polar surface area (TPSA) is 37.4 Å².